The van der Waals surface area contributed by atoms with Gasteiger partial charge in [-0.2, -0.15) is 0 Å². The Morgan fingerprint density at radius 3 is 2.90 bits per heavy atom. The van der Waals surface area contributed by atoms with E-state index in [1.165, 1.54) is 24.3 Å². The van der Waals surface area contributed by atoms with E-state index < -0.39 is 5.97 Å². The second-order valence-electron chi connectivity index (χ2n) is 8.06. The molecule has 162 valence electrons. The molecule has 2 aliphatic heterocycles. The summed E-state index contributed by atoms with van der Waals surface area (Å²) >= 11 is 5.92. The van der Waals surface area contributed by atoms with E-state index in [4.69, 9.17) is 11.6 Å². The first-order chi connectivity index (χ1) is 14.8. The summed E-state index contributed by atoms with van der Waals surface area (Å²) in [4.78, 5) is 30.4. The number of nitrogens with zero attached hydrogens (tertiary/aromatic N) is 2. The second-order valence-corrected chi connectivity index (χ2v) is 8.50. The lowest BCUT2D eigenvalue weighted by Gasteiger charge is -2.41. The summed E-state index contributed by atoms with van der Waals surface area (Å²) in [6.45, 7) is 3.86. The Labute approximate surface area is 186 Å². The first-order valence-electron chi connectivity index (χ1n) is 10.4. The molecule has 1 aromatic heterocycles. The number of fused-ring (bicyclic) bond motifs is 1. The van der Waals surface area contributed by atoms with Crippen LogP contribution in [0.25, 0.3) is 0 Å². The third-order valence-corrected chi connectivity index (χ3v) is 5.93. The van der Waals surface area contributed by atoms with Crippen LogP contribution in [-0.4, -0.2) is 39.1 Å². The Balaban J connectivity index is 1.63. The van der Waals surface area contributed by atoms with Crippen molar-refractivity contribution in [2.75, 3.05) is 5.32 Å². The minimum Gasteiger partial charge on any atom is -0.478 e. The number of allylic oxidation sites excluding steroid dienone is 4. The van der Waals surface area contributed by atoms with E-state index in [9.17, 15) is 14.7 Å². The summed E-state index contributed by atoms with van der Waals surface area (Å²) in [5.74, 6) is -0.949. The summed E-state index contributed by atoms with van der Waals surface area (Å²) in [7, 11) is 0. The number of carboxylic acids is 1. The average Bonchev–Trinajstić information content (AvgIpc) is 2.75. The minimum absolute atomic E-state index is 0.000468. The topological polar surface area (TPSA) is 94.6 Å². The van der Waals surface area contributed by atoms with Gasteiger partial charge in [0.15, 0.2) is 0 Å². The van der Waals surface area contributed by atoms with Crippen molar-refractivity contribution in [2.24, 2.45) is 0 Å². The highest BCUT2D eigenvalue weighted by atomic mass is 35.5. The summed E-state index contributed by atoms with van der Waals surface area (Å²) in [5, 5.41) is 16.5. The van der Waals surface area contributed by atoms with Crippen LogP contribution in [0.4, 0.5) is 5.82 Å². The summed E-state index contributed by atoms with van der Waals surface area (Å²) < 4.78 is 0. The molecule has 4 rings (SSSR count). The Kier molecular flexibility index (Phi) is 5.87. The molecule has 0 spiro atoms. The van der Waals surface area contributed by atoms with E-state index in [1.54, 1.807) is 11.0 Å². The largest absolute Gasteiger partial charge is 0.478 e. The van der Waals surface area contributed by atoms with Crippen molar-refractivity contribution in [1.82, 2.24) is 15.2 Å². The molecule has 0 saturated heterocycles. The van der Waals surface area contributed by atoms with Gasteiger partial charge in [0.2, 0.25) is 0 Å². The molecule has 8 heteroatoms. The van der Waals surface area contributed by atoms with E-state index in [0.29, 0.717) is 0 Å². The molecule has 0 radical (unpaired) electrons. The van der Waals surface area contributed by atoms with Crippen LogP contribution >= 0.6 is 11.6 Å². The SMILES string of the molecule is CC1=CN2C(=O)C=C(C3=CCCCC3)NC2C([C@@H](C)Nc2ncc(Cl)cc2C(=O)O)=C1. The first kappa shape index (κ1) is 21.2. The van der Waals surface area contributed by atoms with Crippen LogP contribution in [0, 0.1) is 0 Å². The number of aromatic nitrogens is 1. The highest BCUT2D eigenvalue weighted by Gasteiger charge is 2.35. The van der Waals surface area contributed by atoms with Gasteiger partial charge < -0.3 is 15.7 Å². The maximum absolute atomic E-state index is 12.9. The zero-order valence-corrected chi connectivity index (χ0v) is 18.2. The van der Waals surface area contributed by atoms with Crippen LogP contribution in [0.15, 0.2) is 59.1 Å². The van der Waals surface area contributed by atoms with Crippen molar-refractivity contribution in [3.8, 4) is 0 Å². The lowest BCUT2D eigenvalue weighted by atomic mass is 9.92. The zero-order valence-electron chi connectivity index (χ0n) is 17.5. The molecule has 2 atom stereocenters. The highest BCUT2D eigenvalue weighted by Crippen LogP contribution is 2.31. The normalized spacial score (nSPS) is 21.7. The lowest BCUT2D eigenvalue weighted by Crippen LogP contribution is -2.53. The number of carbonyl (C=O) groups excluding carboxylic acids is 1. The summed E-state index contributed by atoms with van der Waals surface area (Å²) in [5.41, 5.74) is 3.90. The van der Waals surface area contributed by atoms with Gasteiger partial charge in [-0.1, -0.05) is 23.8 Å². The van der Waals surface area contributed by atoms with Crippen LogP contribution < -0.4 is 10.6 Å². The molecule has 3 heterocycles. The maximum atomic E-state index is 12.9. The molecule has 1 aliphatic carbocycles. The smallest absolute Gasteiger partial charge is 0.339 e. The van der Waals surface area contributed by atoms with Gasteiger partial charge in [-0.15, -0.1) is 0 Å². The number of hydrogen-bond donors (Lipinski definition) is 3. The number of aromatic carboxylic acids is 1. The van der Waals surface area contributed by atoms with E-state index in [2.05, 4.69) is 21.7 Å². The van der Waals surface area contributed by atoms with E-state index in [-0.39, 0.29) is 34.5 Å². The van der Waals surface area contributed by atoms with Crippen molar-refractivity contribution in [3.63, 3.8) is 0 Å². The molecule has 3 aliphatic rings. The Hall–Kier alpha value is -3.06. The van der Waals surface area contributed by atoms with Gasteiger partial charge in [-0.25, -0.2) is 9.78 Å². The lowest BCUT2D eigenvalue weighted by molar-refractivity contribution is -0.126. The quantitative estimate of drug-likeness (QED) is 0.634. The molecular weight excluding hydrogens is 416 g/mol. The number of amides is 1. The molecule has 0 fully saturated rings. The average molecular weight is 441 g/mol. The number of nitrogens with one attached hydrogen (secondary N) is 2. The zero-order chi connectivity index (χ0) is 22.1. The molecule has 3 N–H and O–H groups in total. The number of carbonyl (C=O) groups is 2. The fourth-order valence-corrected chi connectivity index (χ4v) is 4.36. The van der Waals surface area contributed by atoms with Crippen LogP contribution in [0.3, 0.4) is 0 Å². The molecule has 0 bridgehead atoms. The number of rotatable bonds is 5. The molecule has 1 aromatic rings. The molecule has 1 unspecified atom stereocenters. The third-order valence-electron chi connectivity index (χ3n) is 5.72. The van der Waals surface area contributed by atoms with Gasteiger partial charge in [0.05, 0.1) is 11.1 Å². The van der Waals surface area contributed by atoms with E-state index in [0.717, 1.165) is 36.1 Å². The number of hydrogen-bond acceptors (Lipinski definition) is 5. The van der Waals surface area contributed by atoms with Gasteiger partial charge >= 0.3 is 5.97 Å². The van der Waals surface area contributed by atoms with Crippen molar-refractivity contribution in [1.29, 1.82) is 0 Å². The molecule has 31 heavy (non-hydrogen) atoms. The monoisotopic (exact) mass is 440 g/mol. The molecule has 0 saturated carbocycles. The van der Waals surface area contributed by atoms with Crippen LogP contribution in [-0.2, 0) is 4.79 Å². The van der Waals surface area contributed by atoms with Gasteiger partial charge in [-0.3, -0.25) is 9.69 Å². The van der Waals surface area contributed by atoms with Gasteiger partial charge in [0.1, 0.15) is 17.5 Å². The van der Waals surface area contributed by atoms with Crippen molar-refractivity contribution < 1.29 is 14.7 Å². The number of pyridine rings is 1. The van der Waals surface area contributed by atoms with Crippen molar-refractivity contribution in [2.45, 2.75) is 51.7 Å². The molecule has 0 aromatic carbocycles. The second kappa shape index (κ2) is 8.59. The summed E-state index contributed by atoms with van der Waals surface area (Å²) in [6.07, 6.45) is 13.1. The third kappa shape index (κ3) is 4.37. The van der Waals surface area contributed by atoms with Crippen LogP contribution in [0.1, 0.15) is 49.9 Å². The number of halogens is 1. The number of anilines is 1. The fraction of sp³-hybridized carbons (Fsp3) is 0.348. The van der Waals surface area contributed by atoms with Crippen LogP contribution in [0.5, 0.6) is 0 Å². The summed E-state index contributed by atoms with van der Waals surface area (Å²) in [6, 6.07) is 1.08. The molecular formula is C23H25ClN4O3. The maximum Gasteiger partial charge on any atom is 0.339 e. The molecule has 7 nitrogen and oxygen atoms in total. The standard InChI is InChI=1S/C23H25ClN4O3/c1-13-8-17(14(2)26-21-18(23(30)31)9-16(24)11-25-21)22-27-19(10-20(29)28(22)12-13)15-6-4-3-5-7-15/h6,8-12,14,22,27H,3-5,7H2,1-2H3,(H,25,26)(H,30,31)/t14-,22?/m1/s1. The Bertz CT molecular complexity index is 1060. The Morgan fingerprint density at radius 2 is 2.19 bits per heavy atom. The van der Waals surface area contributed by atoms with Crippen LogP contribution in [0.2, 0.25) is 5.02 Å². The van der Waals surface area contributed by atoms with Crippen molar-refractivity contribution in [3.05, 3.63) is 69.7 Å². The van der Waals surface area contributed by atoms with E-state index in [1.807, 2.05) is 26.1 Å². The van der Waals surface area contributed by atoms with Crippen molar-refractivity contribution >= 4 is 29.3 Å². The first-order valence-corrected chi connectivity index (χ1v) is 10.8. The van der Waals surface area contributed by atoms with E-state index >= 15 is 0 Å². The van der Waals surface area contributed by atoms with Gasteiger partial charge in [-0.05, 0) is 62.3 Å². The number of carboxylic acid groups (broad SMARTS) is 1. The fourth-order valence-electron chi connectivity index (χ4n) is 4.20. The van der Waals surface area contributed by atoms with Gasteiger partial charge in [0.25, 0.3) is 5.91 Å². The highest BCUT2D eigenvalue weighted by molar-refractivity contribution is 6.30. The Morgan fingerprint density at radius 1 is 1.39 bits per heavy atom. The molecule has 1 amide bonds. The predicted octanol–water partition coefficient (Wildman–Crippen LogP) is 4.22. The minimum atomic E-state index is -1.11. The van der Waals surface area contributed by atoms with Gasteiger partial charge in [0, 0.05) is 24.2 Å². The predicted molar refractivity (Wildman–Crippen MR) is 120 cm³/mol.